The van der Waals surface area contributed by atoms with Gasteiger partial charge in [0.2, 0.25) is 0 Å². The largest absolute Gasteiger partial charge is 0.359 e. The molecule has 2 heterocycles. The molecule has 3 rings (SSSR count). The Labute approximate surface area is 125 Å². The number of benzene rings is 1. The summed E-state index contributed by atoms with van der Waals surface area (Å²) >= 11 is 9.57. The van der Waals surface area contributed by atoms with E-state index >= 15 is 0 Å². The molecule has 19 heavy (non-hydrogen) atoms. The van der Waals surface area contributed by atoms with E-state index in [2.05, 4.69) is 34.7 Å². The molecule has 0 radical (unpaired) electrons. The number of nitrogens with zero attached hydrogens (tertiary/aromatic N) is 1. The van der Waals surface area contributed by atoms with Crippen LogP contribution in [0.25, 0.3) is 10.2 Å². The monoisotopic (exact) mass is 308 g/mol. The molecular formula is C14H13ClN2S2. The molecule has 0 aliphatic rings. The molecule has 0 fully saturated rings. The Hall–Kier alpha value is -1.10. The van der Waals surface area contributed by atoms with Crippen LogP contribution in [-0.2, 0) is 6.42 Å². The van der Waals surface area contributed by atoms with E-state index in [-0.39, 0.29) is 0 Å². The van der Waals surface area contributed by atoms with Gasteiger partial charge in [0.1, 0.15) is 0 Å². The van der Waals surface area contributed by atoms with Crippen LogP contribution in [0.1, 0.15) is 11.8 Å². The van der Waals surface area contributed by atoms with Gasteiger partial charge in [0.05, 0.1) is 15.2 Å². The molecule has 5 heteroatoms. The Kier molecular flexibility index (Phi) is 3.73. The van der Waals surface area contributed by atoms with Gasteiger partial charge in [0, 0.05) is 17.3 Å². The molecule has 1 N–H and O–H groups in total. The van der Waals surface area contributed by atoms with Crippen molar-refractivity contribution in [2.45, 2.75) is 19.4 Å². The van der Waals surface area contributed by atoms with E-state index < -0.39 is 0 Å². The number of aromatic nitrogens is 1. The van der Waals surface area contributed by atoms with E-state index in [1.165, 1.54) is 4.88 Å². The minimum atomic E-state index is 0.359. The van der Waals surface area contributed by atoms with Gasteiger partial charge in [0.25, 0.3) is 0 Å². The average Bonchev–Trinajstić information content (AvgIpc) is 2.98. The molecule has 1 aromatic carbocycles. The first-order chi connectivity index (χ1) is 9.22. The fourth-order valence-corrected chi connectivity index (χ4v) is 4.07. The first-order valence-electron chi connectivity index (χ1n) is 6.06. The Balaban J connectivity index is 1.76. The summed E-state index contributed by atoms with van der Waals surface area (Å²) in [6, 6.07) is 10.4. The van der Waals surface area contributed by atoms with Gasteiger partial charge in [-0.2, -0.15) is 0 Å². The fraction of sp³-hybridized carbons (Fsp3) is 0.214. The minimum absolute atomic E-state index is 0.359. The number of rotatable bonds is 4. The van der Waals surface area contributed by atoms with Gasteiger partial charge >= 0.3 is 0 Å². The molecule has 0 spiro atoms. The van der Waals surface area contributed by atoms with Crippen molar-refractivity contribution >= 4 is 49.6 Å². The van der Waals surface area contributed by atoms with E-state index in [4.69, 9.17) is 11.6 Å². The zero-order valence-corrected chi connectivity index (χ0v) is 12.8. The molecule has 0 bridgehead atoms. The first kappa shape index (κ1) is 12.9. The Morgan fingerprint density at radius 3 is 2.95 bits per heavy atom. The maximum Gasteiger partial charge on any atom is 0.184 e. The lowest BCUT2D eigenvalue weighted by Crippen LogP contribution is -2.17. The fourth-order valence-electron chi connectivity index (χ4n) is 1.97. The molecule has 0 saturated carbocycles. The number of halogens is 1. The summed E-state index contributed by atoms with van der Waals surface area (Å²) < 4.78 is 1.05. The third-order valence-electron chi connectivity index (χ3n) is 2.82. The van der Waals surface area contributed by atoms with Crippen LogP contribution >= 0.6 is 34.3 Å². The van der Waals surface area contributed by atoms with Gasteiger partial charge in [-0.25, -0.2) is 4.98 Å². The molecule has 0 aliphatic heterocycles. The summed E-state index contributed by atoms with van der Waals surface area (Å²) in [7, 11) is 0. The van der Waals surface area contributed by atoms with Crippen LogP contribution in [0.4, 0.5) is 5.13 Å². The lowest BCUT2D eigenvalue weighted by molar-refractivity contribution is 0.799. The van der Waals surface area contributed by atoms with Crippen molar-refractivity contribution in [1.29, 1.82) is 0 Å². The third-order valence-corrected chi connectivity index (χ3v) is 5.19. The highest BCUT2D eigenvalue weighted by molar-refractivity contribution is 7.22. The van der Waals surface area contributed by atoms with Gasteiger partial charge in [-0.1, -0.05) is 35.1 Å². The van der Waals surface area contributed by atoms with E-state index in [1.807, 2.05) is 18.2 Å². The van der Waals surface area contributed by atoms with Crippen molar-refractivity contribution in [3.63, 3.8) is 0 Å². The topological polar surface area (TPSA) is 24.9 Å². The van der Waals surface area contributed by atoms with Gasteiger partial charge in [-0.3, -0.25) is 0 Å². The number of hydrogen-bond donors (Lipinski definition) is 1. The number of hydrogen-bond acceptors (Lipinski definition) is 4. The van der Waals surface area contributed by atoms with E-state index in [0.29, 0.717) is 6.04 Å². The van der Waals surface area contributed by atoms with Crippen molar-refractivity contribution in [3.8, 4) is 0 Å². The summed E-state index contributed by atoms with van der Waals surface area (Å²) in [5.74, 6) is 0. The van der Waals surface area contributed by atoms with Crippen molar-refractivity contribution in [2.75, 3.05) is 5.32 Å². The number of thiazole rings is 1. The van der Waals surface area contributed by atoms with E-state index in [0.717, 1.165) is 26.8 Å². The maximum atomic E-state index is 6.17. The van der Waals surface area contributed by atoms with Crippen LogP contribution < -0.4 is 5.32 Å². The smallest absolute Gasteiger partial charge is 0.184 e. The molecule has 98 valence electrons. The third kappa shape index (κ3) is 2.91. The molecule has 2 aromatic heterocycles. The number of thiophene rings is 1. The highest BCUT2D eigenvalue weighted by Crippen LogP contribution is 2.32. The van der Waals surface area contributed by atoms with Gasteiger partial charge in [-0.05, 0) is 30.5 Å². The Morgan fingerprint density at radius 2 is 2.21 bits per heavy atom. The number of anilines is 1. The average molecular weight is 309 g/mol. The molecule has 1 atom stereocenters. The van der Waals surface area contributed by atoms with Crippen LogP contribution in [0.2, 0.25) is 5.02 Å². The Morgan fingerprint density at radius 1 is 1.32 bits per heavy atom. The second-order valence-electron chi connectivity index (χ2n) is 4.44. The number of nitrogens with one attached hydrogen (secondary N) is 1. The first-order valence-corrected chi connectivity index (χ1v) is 8.14. The summed E-state index contributed by atoms with van der Waals surface area (Å²) in [6.07, 6.45) is 1.02. The zero-order valence-electron chi connectivity index (χ0n) is 10.4. The normalized spacial score (nSPS) is 12.7. The lowest BCUT2D eigenvalue weighted by atomic mass is 10.2. The van der Waals surface area contributed by atoms with Crippen LogP contribution in [-0.4, -0.2) is 11.0 Å². The summed E-state index contributed by atoms with van der Waals surface area (Å²) in [4.78, 5) is 5.96. The van der Waals surface area contributed by atoms with E-state index in [9.17, 15) is 0 Å². The SMILES string of the molecule is CC(Cc1cccs1)Nc1nc2cccc(Cl)c2s1. The van der Waals surface area contributed by atoms with Crippen LogP contribution in [0.3, 0.4) is 0 Å². The Bertz CT molecular complexity index is 676. The molecule has 1 unspecified atom stereocenters. The maximum absolute atomic E-state index is 6.17. The van der Waals surface area contributed by atoms with Crippen LogP contribution in [0.15, 0.2) is 35.7 Å². The highest BCUT2D eigenvalue weighted by atomic mass is 35.5. The van der Waals surface area contributed by atoms with Crippen molar-refractivity contribution in [3.05, 3.63) is 45.6 Å². The van der Waals surface area contributed by atoms with Gasteiger partial charge in [-0.15, -0.1) is 11.3 Å². The van der Waals surface area contributed by atoms with Crippen molar-refractivity contribution in [2.24, 2.45) is 0 Å². The lowest BCUT2D eigenvalue weighted by Gasteiger charge is -2.11. The quantitative estimate of drug-likeness (QED) is 0.729. The van der Waals surface area contributed by atoms with Crippen LogP contribution in [0, 0.1) is 0 Å². The van der Waals surface area contributed by atoms with Crippen molar-refractivity contribution in [1.82, 2.24) is 4.98 Å². The molecule has 0 saturated heterocycles. The molecular weight excluding hydrogens is 296 g/mol. The number of fused-ring (bicyclic) bond motifs is 1. The standard InChI is InChI=1S/C14H13ClN2S2/c1-9(8-10-4-3-7-18-10)16-14-17-12-6-2-5-11(15)13(12)19-14/h2-7,9H,8H2,1H3,(H,16,17). The second kappa shape index (κ2) is 5.49. The predicted molar refractivity (Wildman–Crippen MR) is 85.7 cm³/mol. The van der Waals surface area contributed by atoms with Gasteiger partial charge in [0.15, 0.2) is 5.13 Å². The second-order valence-corrected chi connectivity index (χ2v) is 6.87. The summed E-state index contributed by atoms with van der Waals surface area (Å²) in [5, 5.41) is 7.27. The molecule has 3 aromatic rings. The molecule has 0 amide bonds. The summed E-state index contributed by atoms with van der Waals surface area (Å²) in [5.41, 5.74) is 0.961. The van der Waals surface area contributed by atoms with Gasteiger partial charge < -0.3 is 5.32 Å². The van der Waals surface area contributed by atoms with Crippen molar-refractivity contribution < 1.29 is 0 Å². The minimum Gasteiger partial charge on any atom is -0.359 e. The zero-order chi connectivity index (χ0) is 13.2. The summed E-state index contributed by atoms with van der Waals surface area (Å²) in [6.45, 7) is 2.17. The molecule has 0 aliphatic carbocycles. The molecule has 2 nitrogen and oxygen atoms in total. The predicted octanol–water partition coefficient (Wildman–Crippen LogP) is 5.05. The van der Waals surface area contributed by atoms with E-state index in [1.54, 1.807) is 22.7 Å². The highest BCUT2D eigenvalue weighted by Gasteiger charge is 2.10. The van der Waals surface area contributed by atoms with Crippen LogP contribution in [0.5, 0.6) is 0 Å².